The molecule has 0 spiro atoms. The van der Waals surface area contributed by atoms with Crippen molar-refractivity contribution in [3.05, 3.63) is 35.9 Å². The first-order chi connectivity index (χ1) is 16.1. The van der Waals surface area contributed by atoms with E-state index < -0.39 is 43.6 Å². The summed E-state index contributed by atoms with van der Waals surface area (Å²) in [5.41, 5.74) is 0.968. The van der Waals surface area contributed by atoms with Gasteiger partial charge in [-0.25, -0.2) is 0 Å². The van der Waals surface area contributed by atoms with Gasteiger partial charge in [-0.2, -0.15) is 0 Å². The number of aliphatic hydroxyl groups is 1. The molecule has 7 heteroatoms. The summed E-state index contributed by atoms with van der Waals surface area (Å²) in [6.07, 6.45) is 3.84. The second-order valence-corrected chi connectivity index (χ2v) is 21.2. The monoisotopic (exact) mass is 572 g/mol. The topological polar surface area (TPSA) is 66.4 Å². The van der Waals surface area contributed by atoms with Crippen LogP contribution in [-0.4, -0.2) is 68.3 Å². The number of rotatable bonds is 13. The predicted octanol–water partition coefficient (Wildman–Crippen LogP) is 5.56. The average molecular weight is 571 g/mol. The molecule has 2 aliphatic rings. The van der Waals surface area contributed by atoms with Gasteiger partial charge in [0.1, 0.15) is 0 Å². The summed E-state index contributed by atoms with van der Waals surface area (Å²) in [7, 11) is 1.57. The van der Waals surface area contributed by atoms with Crippen molar-refractivity contribution in [3.63, 3.8) is 0 Å². The third-order valence-electron chi connectivity index (χ3n) is 6.96. The van der Waals surface area contributed by atoms with Crippen LogP contribution in [0, 0.1) is 0 Å². The van der Waals surface area contributed by atoms with Crippen molar-refractivity contribution in [2.75, 3.05) is 13.7 Å². The van der Waals surface area contributed by atoms with Gasteiger partial charge < -0.3 is 0 Å². The van der Waals surface area contributed by atoms with Crippen LogP contribution in [0.2, 0.25) is 13.3 Å². The minimum absolute atomic E-state index is 0.323. The van der Waals surface area contributed by atoms with Crippen molar-refractivity contribution in [2.45, 2.75) is 110 Å². The van der Waals surface area contributed by atoms with Gasteiger partial charge in [0, 0.05) is 0 Å². The maximum absolute atomic E-state index is 11.3. The Balaban J connectivity index is 1.87. The third kappa shape index (κ3) is 7.15. The number of fused-ring (bicyclic) bond motifs is 1. The van der Waals surface area contributed by atoms with E-state index in [4.69, 9.17) is 22.0 Å². The molecule has 0 radical (unpaired) electrons. The Labute approximate surface area is 204 Å². The number of unbranched alkanes of at least 4 members (excludes halogenated alkanes) is 3. The van der Waals surface area contributed by atoms with Gasteiger partial charge in [-0.15, -0.1) is 0 Å². The zero-order valence-corrected chi connectivity index (χ0v) is 23.8. The molecule has 2 fully saturated rings. The van der Waals surface area contributed by atoms with Crippen LogP contribution < -0.4 is 0 Å². The first-order valence-corrected chi connectivity index (χ1v) is 20.2. The molecule has 1 aromatic rings. The van der Waals surface area contributed by atoms with E-state index in [1.807, 2.05) is 30.3 Å². The Hall–Kier alpha value is -0.221. The Morgan fingerprint density at radius 3 is 2.09 bits per heavy atom. The minimum atomic E-state index is -3.03. The summed E-state index contributed by atoms with van der Waals surface area (Å²) >= 11 is -3.03. The van der Waals surface area contributed by atoms with E-state index in [2.05, 4.69) is 20.8 Å². The molecule has 6 atom stereocenters. The molecule has 0 bridgehead atoms. The first kappa shape index (κ1) is 27.4. The second kappa shape index (κ2) is 13.8. The SMILES string of the molecule is CCC[CH2][Sn]([CH2]CCC)([CH2]CCC)[O][C@@H]1[C@@H](O)[C@H](OC)O[C@@H]2CO[C@@H](c3ccccc3)O[C@@H]12. The summed E-state index contributed by atoms with van der Waals surface area (Å²) in [5.74, 6) is 0. The van der Waals surface area contributed by atoms with Gasteiger partial charge in [0.2, 0.25) is 0 Å². The normalized spacial score (nSPS) is 30.2. The molecule has 2 heterocycles. The molecule has 0 amide bonds. The quantitative estimate of drug-likeness (QED) is 0.313. The number of methoxy groups -OCH3 is 1. The van der Waals surface area contributed by atoms with Crippen LogP contribution in [0.15, 0.2) is 30.3 Å². The Morgan fingerprint density at radius 1 is 0.939 bits per heavy atom. The average Bonchev–Trinajstić information content (AvgIpc) is 2.86. The van der Waals surface area contributed by atoms with Crippen molar-refractivity contribution in [1.29, 1.82) is 0 Å². The molecule has 0 unspecified atom stereocenters. The van der Waals surface area contributed by atoms with E-state index in [0.29, 0.717) is 6.61 Å². The zero-order chi connectivity index (χ0) is 23.7. The predicted molar refractivity (Wildman–Crippen MR) is 131 cm³/mol. The summed E-state index contributed by atoms with van der Waals surface area (Å²) in [6, 6.07) is 9.96. The number of hydrogen-bond acceptors (Lipinski definition) is 6. The van der Waals surface area contributed by atoms with Crippen molar-refractivity contribution in [1.82, 2.24) is 0 Å². The molecule has 0 aromatic heterocycles. The van der Waals surface area contributed by atoms with E-state index in [9.17, 15) is 5.11 Å². The van der Waals surface area contributed by atoms with Crippen LogP contribution in [0.4, 0.5) is 0 Å². The second-order valence-electron chi connectivity index (χ2n) is 9.52. The maximum atomic E-state index is 11.3. The molecular formula is C26H44O6Sn. The summed E-state index contributed by atoms with van der Waals surface area (Å²) in [6.45, 7) is 7.14. The van der Waals surface area contributed by atoms with Crippen molar-refractivity contribution >= 4 is 18.8 Å². The van der Waals surface area contributed by atoms with Gasteiger partial charge in [-0.1, -0.05) is 0 Å². The van der Waals surface area contributed by atoms with Crippen LogP contribution in [0.1, 0.15) is 71.1 Å². The van der Waals surface area contributed by atoms with Gasteiger partial charge in [0.05, 0.1) is 0 Å². The number of aliphatic hydroxyl groups excluding tert-OH is 1. The van der Waals surface area contributed by atoms with E-state index in [0.717, 1.165) is 5.56 Å². The van der Waals surface area contributed by atoms with E-state index in [1.165, 1.54) is 51.8 Å². The third-order valence-corrected chi connectivity index (χ3v) is 20.0. The Morgan fingerprint density at radius 2 is 1.55 bits per heavy atom. The molecule has 1 aromatic carbocycles. The molecule has 0 saturated carbocycles. The molecule has 33 heavy (non-hydrogen) atoms. The molecule has 1 N–H and O–H groups in total. The zero-order valence-electron chi connectivity index (χ0n) is 20.9. The molecule has 6 nitrogen and oxygen atoms in total. The van der Waals surface area contributed by atoms with Gasteiger partial charge in [-0.05, 0) is 0 Å². The van der Waals surface area contributed by atoms with Crippen LogP contribution in [0.5, 0.6) is 0 Å². The van der Waals surface area contributed by atoms with Crippen LogP contribution >= 0.6 is 0 Å². The Kier molecular flexibility index (Phi) is 11.4. The fourth-order valence-electron chi connectivity index (χ4n) is 5.01. The van der Waals surface area contributed by atoms with Crippen molar-refractivity contribution in [3.8, 4) is 0 Å². The molecule has 0 aliphatic carbocycles. The first-order valence-electron chi connectivity index (χ1n) is 12.9. The van der Waals surface area contributed by atoms with Crippen LogP contribution in [0.25, 0.3) is 0 Å². The number of ether oxygens (including phenoxy) is 4. The van der Waals surface area contributed by atoms with Crippen molar-refractivity contribution < 1.29 is 27.1 Å². The number of hydrogen-bond donors (Lipinski definition) is 1. The summed E-state index contributed by atoms with van der Waals surface area (Å²) in [4.78, 5) is 0. The fourth-order valence-corrected chi connectivity index (χ4v) is 19.1. The molecular weight excluding hydrogens is 527 g/mol. The van der Waals surface area contributed by atoms with Gasteiger partial charge in [0.25, 0.3) is 0 Å². The molecule has 2 saturated heterocycles. The standard InChI is InChI=1S/C14H17O6.3C4H9.Sn/c1-17-14-11(16)10(15)12-9(19-14)7-18-13(20-12)8-5-3-2-4-6-8;3*1-3-4-2;/h2-6,9-14,16H,7H2,1H3;3*1,3-4H2,2H3;/q-1;;;;+1/t9-,10-,11-,12-,13-,14-;;;;/m1..../s1. The van der Waals surface area contributed by atoms with Crippen molar-refractivity contribution in [2.24, 2.45) is 0 Å². The molecule has 188 valence electrons. The molecule has 3 rings (SSSR count). The Bertz CT molecular complexity index is 652. The number of benzene rings is 1. The van der Waals surface area contributed by atoms with Gasteiger partial charge in [0.15, 0.2) is 0 Å². The summed E-state index contributed by atoms with van der Waals surface area (Å²) < 4.78 is 34.8. The van der Waals surface area contributed by atoms with E-state index in [-0.39, 0.29) is 12.2 Å². The van der Waals surface area contributed by atoms with E-state index in [1.54, 1.807) is 7.11 Å². The molecule has 2 aliphatic heterocycles. The van der Waals surface area contributed by atoms with E-state index >= 15 is 0 Å². The van der Waals surface area contributed by atoms with Crippen LogP contribution in [0.3, 0.4) is 0 Å². The van der Waals surface area contributed by atoms with Crippen LogP contribution in [-0.2, 0) is 22.0 Å². The fraction of sp³-hybridized carbons (Fsp3) is 0.769. The van der Waals surface area contributed by atoms with Gasteiger partial charge in [-0.3, -0.25) is 0 Å². The summed E-state index contributed by atoms with van der Waals surface area (Å²) in [5, 5.41) is 11.3. The van der Waals surface area contributed by atoms with Gasteiger partial charge >= 0.3 is 205 Å².